The molecule has 0 heterocycles. The highest BCUT2D eigenvalue weighted by Crippen LogP contribution is 2.27. The van der Waals surface area contributed by atoms with Crippen LogP contribution in [0.25, 0.3) is 0 Å². The van der Waals surface area contributed by atoms with Crippen molar-refractivity contribution >= 4 is 15.9 Å². The van der Waals surface area contributed by atoms with Crippen molar-refractivity contribution in [2.75, 3.05) is 7.11 Å². The molecule has 1 saturated carbocycles. The first kappa shape index (κ1) is 13.9. The summed E-state index contributed by atoms with van der Waals surface area (Å²) in [6.45, 7) is 4.60. The van der Waals surface area contributed by atoms with Crippen molar-refractivity contribution in [2.45, 2.75) is 45.2 Å². The van der Waals surface area contributed by atoms with Crippen LogP contribution in [0.2, 0.25) is 0 Å². The van der Waals surface area contributed by atoms with Crippen LogP contribution in [-0.2, 0) is 6.42 Å². The molecule has 1 aromatic rings. The smallest absolute Gasteiger partial charge is 0.119 e. The Balaban J connectivity index is 1.98. The Bertz CT molecular complexity index is 403. The van der Waals surface area contributed by atoms with Crippen LogP contribution in [0.1, 0.15) is 32.3 Å². The Kier molecular flexibility index (Phi) is 4.68. The second-order valence-electron chi connectivity index (χ2n) is 5.37. The molecule has 0 aliphatic heterocycles. The fourth-order valence-electron chi connectivity index (χ4n) is 2.14. The van der Waals surface area contributed by atoms with Crippen molar-refractivity contribution in [3.63, 3.8) is 0 Å². The Hall–Kier alpha value is -0.540. The molecule has 18 heavy (non-hydrogen) atoms. The third-order valence-corrected chi connectivity index (χ3v) is 4.50. The van der Waals surface area contributed by atoms with Gasteiger partial charge in [0.15, 0.2) is 0 Å². The number of ether oxygens (including phenoxy) is 1. The molecule has 1 aromatic carbocycles. The van der Waals surface area contributed by atoms with E-state index < -0.39 is 0 Å². The first-order valence-electron chi connectivity index (χ1n) is 6.68. The number of halogens is 1. The fraction of sp³-hybridized carbons (Fsp3) is 0.600. The largest absolute Gasteiger partial charge is 0.497 e. The number of rotatable bonds is 6. The van der Waals surface area contributed by atoms with E-state index in [2.05, 4.69) is 47.2 Å². The normalized spacial score (nSPS) is 18.4. The Morgan fingerprint density at radius 1 is 1.39 bits per heavy atom. The highest BCUT2D eigenvalue weighted by atomic mass is 79.9. The van der Waals surface area contributed by atoms with Crippen molar-refractivity contribution in [2.24, 2.45) is 5.92 Å². The standard InChI is InChI=1S/C15H22BrNO/c1-10(11(2)17-13-4-5-13)8-12-9-14(18-3)6-7-15(12)16/h6-7,9-11,13,17H,4-5,8H2,1-3H3. The maximum absolute atomic E-state index is 5.29. The van der Waals surface area contributed by atoms with Crippen molar-refractivity contribution < 1.29 is 4.74 Å². The van der Waals surface area contributed by atoms with E-state index >= 15 is 0 Å². The summed E-state index contributed by atoms with van der Waals surface area (Å²) in [6.07, 6.45) is 3.76. The van der Waals surface area contributed by atoms with E-state index in [0.29, 0.717) is 12.0 Å². The maximum Gasteiger partial charge on any atom is 0.119 e. The average Bonchev–Trinajstić information content (AvgIpc) is 3.15. The van der Waals surface area contributed by atoms with Crippen LogP contribution in [0.4, 0.5) is 0 Å². The highest BCUT2D eigenvalue weighted by Gasteiger charge is 2.25. The lowest BCUT2D eigenvalue weighted by Gasteiger charge is -2.22. The molecular weight excluding hydrogens is 290 g/mol. The molecule has 0 bridgehead atoms. The van der Waals surface area contributed by atoms with Crippen LogP contribution >= 0.6 is 15.9 Å². The summed E-state index contributed by atoms with van der Waals surface area (Å²) >= 11 is 3.62. The van der Waals surface area contributed by atoms with Gasteiger partial charge in [-0.25, -0.2) is 0 Å². The minimum Gasteiger partial charge on any atom is -0.497 e. The van der Waals surface area contributed by atoms with Crippen molar-refractivity contribution in [3.8, 4) is 5.75 Å². The molecule has 0 amide bonds. The van der Waals surface area contributed by atoms with E-state index in [1.807, 2.05) is 6.07 Å². The van der Waals surface area contributed by atoms with Gasteiger partial charge < -0.3 is 10.1 Å². The number of methoxy groups -OCH3 is 1. The van der Waals surface area contributed by atoms with Crippen LogP contribution in [0.5, 0.6) is 5.75 Å². The minimum absolute atomic E-state index is 0.565. The van der Waals surface area contributed by atoms with Gasteiger partial charge in [0.2, 0.25) is 0 Å². The van der Waals surface area contributed by atoms with Gasteiger partial charge in [-0.05, 0) is 55.9 Å². The summed E-state index contributed by atoms with van der Waals surface area (Å²) in [5, 5.41) is 3.68. The molecule has 1 aliphatic rings. The van der Waals surface area contributed by atoms with E-state index in [-0.39, 0.29) is 0 Å². The summed E-state index contributed by atoms with van der Waals surface area (Å²) in [6, 6.07) is 7.53. The summed E-state index contributed by atoms with van der Waals surface area (Å²) in [4.78, 5) is 0. The molecule has 2 rings (SSSR count). The molecule has 2 unspecified atom stereocenters. The zero-order valence-electron chi connectivity index (χ0n) is 11.4. The first-order chi connectivity index (χ1) is 8.60. The molecule has 0 aromatic heterocycles. The molecule has 3 heteroatoms. The monoisotopic (exact) mass is 311 g/mol. The zero-order valence-corrected chi connectivity index (χ0v) is 13.0. The summed E-state index contributed by atoms with van der Waals surface area (Å²) in [5.41, 5.74) is 1.33. The van der Waals surface area contributed by atoms with E-state index in [0.717, 1.165) is 18.2 Å². The van der Waals surface area contributed by atoms with Gasteiger partial charge in [0.1, 0.15) is 5.75 Å². The number of nitrogens with one attached hydrogen (secondary N) is 1. The second-order valence-corrected chi connectivity index (χ2v) is 6.22. The van der Waals surface area contributed by atoms with Gasteiger partial charge in [-0.1, -0.05) is 22.9 Å². The Morgan fingerprint density at radius 2 is 2.11 bits per heavy atom. The van der Waals surface area contributed by atoms with Gasteiger partial charge in [-0.3, -0.25) is 0 Å². The van der Waals surface area contributed by atoms with Crippen LogP contribution in [0.15, 0.2) is 22.7 Å². The lowest BCUT2D eigenvalue weighted by molar-refractivity contribution is 0.392. The molecule has 0 spiro atoms. The fourth-order valence-corrected chi connectivity index (χ4v) is 2.55. The van der Waals surface area contributed by atoms with Gasteiger partial charge in [0.05, 0.1) is 7.11 Å². The number of hydrogen-bond acceptors (Lipinski definition) is 2. The van der Waals surface area contributed by atoms with Gasteiger partial charge >= 0.3 is 0 Å². The lowest BCUT2D eigenvalue weighted by atomic mass is 9.95. The van der Waals surface area contributed by atoms with Crippen LogP contribution < -0.4 is 10.1 Å². The first-order valence-corrected chi connectivity index (χ1v) is 7.48. The SMILES string of the molecule is COc1ccc(Br)c(CC(C)C(C)NC2CC2)c1. The molecule has 2 nitrogen and oxygen atoms in total. The average molecular weight is 312 g/mol. The van der Waals surface area contributed by atoms with Crippen LogP contribution in [0.3, 0.4) is 0 Å². The van der Waals surface area contributed by atoms with E-state index in [4.69, 9.17) is 4.74 Å². The lowest BCUT2D eigenvalue weighted by Crippen LogP contribution is -2.34. The summed E-state index contributed by atoms with van der Waals surface area (Å²) in [7, 11) is 1.72. The topological polar surface area (TPSA) is 21.3 Å². The quantitative estimate of drug-likeness (QED) is 0.863. The Labute approximate surface area is 118 Å². The second kappa shape index (κ2) is 6.07. The highest BCUT2D eigenvalue weighted by molar-refractivity contribution is 9.10. The van der Waals surface area contributed by atoms with Gasteiger partial charge in [0, 0.05) is 16.6 Å². The van der Waals surface area contributed by atoms with E-state index in [1.54, 1.807) is 7.11 Å². The van der Waals surface area contributed by atoms with Gasteiger partial charge in [0.25, 0.3) is 0 Å². The third-order valence-electron chi connectivity index (χ3n) is 3.72. The van der Waals surface area contributed by atoms with Gasteiger partial charge in [-0.15, -0.1) is 0 Å². The predicted molar refractivity (Wildman–Crippen MR) is 79.2 cm³/mol. The van der Waals surface area contributed by atoms with Crippen LogP contribution in [0, 0.1) is 5.92 Å². The zero-order chi connectivity index (χ0) is 13.1. The molecule has 1 N–H and O–H groups in total. The maximum atomic E-state index is 5.29. The molecule has 1 fully saturated rings. The number of hydrogen-bond donors (Lipinski definition) is 1. The Morgan fingerprint density at radius 3 is 2.72 bits per heavy atom. The van der Waals surface area contributed by atoms with Crippen molar-refractivity contribution in [1.82, 2.24) is 5.32 Å². The summed E-state index contributed by atoms with van der Waals surface area (Å²) < 4.78 is 6.46. The van der Waals surface area contributed by atoms with Gasteiger partial charge in [-0.2, -0.15) is 0 Å². The molecule has 0 saturated heterocycles. The molecule has 1 aliphatic carbocycles. The third kappa shape index (κ3) is 3.72. The summed E-state index contributed by atoms with van der Waals surface area (Å²) in [5.74, 6) is 1.55. The minimum atomic E-state index is 0.565. The van der Waals surface area contributed by atoms with Crippen molar-refractivity contribution in [1.29, 1.82) is 0 Å². The van der Waals surface area contributed by atoms with E-state index in [1.165, 1.54) is 22.9 Å². The molecule has 100 valence electrons. The van der Waals surface area contributed by atoms with Crippen molar-refractivity contribution in [3.05, 3.63) is 28.2 Å². The molecular formula is C15H22BrNO. The molecule has 0 radical (unpaired) electrons. The predicted octanol–water partition coefficient (Wildman–Crippen LogP) is 3.78. The number of benzene rings is 1. The molecule has 2 atom stereocenters. The van der Waals surface area contributed by atoms with Crippen LogP contribution in [-0.4, -0.2) is 19.2 Å². The van der Waals surface area contributed by atoms with E-state index in [9.17, 15) is 0 Å².